The van der Waals surface area contributed by atoms with E-state index >= 15 is 0 Å². The third-order valence-electron chi connectivity index (χ3n) is 9.34. The number of benzene rings is 1. The molecule has 2 unspecified atom stereocenters. The minimum absolute atomic E-state index is 0.00626. The molecule has 1 fully saturated rings. The van der Waals surface area contributed by atoms with Crippen molar-refractivity contribution in [1.29, 1.82) is 0 Å². The fourth-order valence-electron chi connectivity index (χ4n) is 6.58. The van der Waals surface area contributed by atoms with Gasteiger partial charge >= 0.3 is 11.9 Å². The topological polar surface area (TPSA) is 87.1 Å². The molecule has 5 rings (SSSR count). The highest BCUT2D eigenvalue weighted by atomic mass is 19.2. The molecule has 2 N–H and O–H groups in total. The summed E-state index contributed by atoms with van der Waals surface area (Å²) < 4.78 is 73.4. The van der Waals surface area contributed by atoms with Crippen LogP contribution in [0.5, 0.6) is 0 Å². The van der Waals surface area contributed by atoms with Crippen LogP contribution in [0.1, 0.15) is 70.3 Å². The Kier molecular flexibility index (Phi) is 10.7. The lowest BCUT2D eigenvalue weighted by Crippen LogP contribution is -2.42. The third kappa shape index (κ3) is 7.81. The van der Waals surface area contributed by atoms with Gasteiger partial charge in [0.25, 0.3) is 0 Å². The second-order valence-corrected chi connectivity index (χ2v) is 12.7. The van der Waals surface area contributed by atoms with Gasteiger partial charge in [-0.25, -0.2) is 22.0 Å². The van der Waals surface area contributed by atoms with Crippen molar-refractivity contribution in [2.75, 3.05) is 6.54 Å². The summed E-state index contributed by atoms with van der Waals surface area (Å²) in [6.07, 6.45) is 16.1. The van der Waals surface area contributed by atoms with Gasteiger partial charge in [-0.1, -0.05) is 24.0 Å². The number of carboxylic acid groups (broad SMARTS) is 2. The van der Waals surface area contributed by atoms with E-state index in [2.05, 4.69) is 29.7 Å². The van der Waals surface area contributed by atoms with Crippen molar-refractivity contribution in [2.45, 2.75) is 83.2 Å². The largest absolute Gasteiger partial charge is 0.481 e. The first kappa shape index (κ1) is 34.9. The van der Waals surface area contributed by atoms with Gasteiger partial charge in [0.1, 0.15) is 5.76 Å². The summed E-state index contributed by atoms with van der Waals surface area (Å²) in [5.74, 6) is -4.20. The highest BCUT2D eigenvalue weighted by Gasteiger charge is 2.50. The number of carboxylic acids is 2. The standard InChI is InChI=1S/C37H36F5NO5/c1-22-26(8-5-10-29(44)45)27-9-4-6-24(36(27)43(22)21-37(17-18-37)20-30(46)47)14-11-23-12-15-25(16-13-23)48-19-3-2-7-28-31(38)33(40)35(42)34(41)32(28)39/h3-4,6,9,12,15,19,22,36H,2,5,7-8,10,13,16-18,20-21H2,1H3,(H,44,45)(H,46,47)/b19-3+. The molecule has 0 radical (unpaired) electrons. The van der Waals surface area contributed by atoms with E-state index in [-0.39, 0.29) is 36.8 Å². The molecule has 11 heteroatoms. The van der Waals surface area contributed by atoms with E-state index in [0.717, 1.165) is 35.1 Å². The van der Waals surface area contributed by atoms with Gasteiger partial charge in [-0.2, -0.15) is 0 Å². The van der Waals surface area contributed by atoms with Crippen LogP contribution in [0.25, 0.3) is 0 Å². The maximum Gasteiger partial charge on any atom is 0.303 e. The monoisotopic (exact) mass is 669 g/mol. The first-order valence-corrected chi connectivity index (χ1v) is 15.9. The average molecular weight is 670 g/mol. The Morgan fingerprint density at radius 3 is 2.29 bits per heavy atom. The second-order valence-electron chi connectivity index (χ2n) is 12.7. The van der Waals surface area contributed by atoms with Crippen LogP contribution in [-0.2, 0) is 20.7 Å². The lowest BCUT2D eigenvalue weighted by molar-refractivity contribution is -0.139. The molecule has 0 aromatic heterocycles. The maximum absolute atomic E-state index is 13.9. The van der Waals surface area contributed by atoms with Crippen LogP contribution < -0.4 is 0 Å². The molecule has 48 heavy (non-hydrogen) atoms. The molecule has 2 atom stereocenters. The van der Waals surface area contributed by atoms with Crippen LogP contribution in [0, 0.1) is 46.3 Å². The van der Waals surface area contributed by atoms with Crippen LogP contribution >= 0.6 is 0 Å². The summed E-state index contributed by atoms with van der Waals surface area (Å²) in [4.78, 5) is 25.1. The quantitative estimate of drug-likeness (QED) is 0.0733. The summed E-state index contributed by atoms with van der Waals surface area (Å²) in [6.45, 7) is 2.71. The lowest BCUT2D eigenvalue weighted by atomic mass is 9.90. The highest BCUT2D eigenvalue weighted by Crippen LogP contribution is 2.52. The molecule has 3 aliphatic carbocycles. The smallest absolute Gasteiger partial charge is 0.303 e. The van der Waals surface area contributed by atoms with Crippen molar-refractivity contribution < 1.29 is 46.5 Å². The maximum atomic E-state index is 13.9. The number of nitrogens with zero attached hydrogens (tertiary/aromatic N) is 1. The van der Waals surface area contributed by atoms with Crippen molar-refractivity contribution in [1.82, 2.24) is 4.90 Å². The van der Waals surface area contributed by atoms with Gasteiger partial charge in [0.2, 0.25) is 5.82 Å². The number of hydrogen-bond acceptors (Lipinski definition) is 4. The van der Waals surface area contributed by atoms with Gasteiger partial charge in [0.05, 0.1) is 18.7 Å². The van der Waals surface area contributed by atoms with Crippen molar-refractivity contribution in [2.24, 2.45) is 5.41 Å². The molecule has 0 bridgehead atoms. The minimum Gasteiger partial charge on any atom is -0.481 e. The second kappa shape index (κ2) is 14.8. The van der Waals surface area contributed by atoms with E-state index < -0.39 is 53.0 Å². The Morgan fingerprint density at radius 1 is 0.958 bits per heavy atom. The third-order valence-corrected chi connectivity index (χ3v) is 9.34. The zero-order chi connectivity index (χ0) is 34.6. The van der Waals surface area contributed by atoms with E-state index in [4.69, 9.17) is 4.74 Å². The molecule has 6 nitrogen and oxygen atoms in total. The summed E-state index contributed by atoms with van der Waals surface area (Å²) in [6, 6.07) is -0.129. The molecule has 0 saturated heterocycles. The first-order valence-electron chi connectivity index (χ1n) is 15.9. The molecule has 1 aromatic carbocycles. The number of fused-ring (bicyclic) bond motifs is 1. The van der Waals surface area contributed by atoms with Crippen LogP contribution in [0.3, 0.4) is 0 Å². The van der Waals surface area contributed by atoms with Crippen molar-refractivity contribution >= 4 is 11.9 Å². The fraction of sp³-hybridized carbons (Fsp3) is 0.405. The van der Waals surface area contributed by atoms with E-state index in [1.54, 1.807) is 6.08 Å². The molecule has 4 aliphatic rings. The zero-order valence-electron chi connectivity index (χ0n) is 26.4. The van der Waals surface area contributed by atoms with Gasteiger partial charge in [-0.3, -0.25) is 14.5 Å². The molecule has 1 aromatic rings. The van der Waals surface area contributed by atoms with Gasteiger partial charge in [0.15, 0.2) is 23.3 Å². The van der Waals surface area contributed by atoms with Gasteiger partial charge in [-0.15, -0.1) is 0 Å². The van der Waals surface area contributed by atoms with E-state index in [0.29, 0.717) is 38.0 Å². The van der Waals surface area contributed by atoms with E-state index in [9.17, 15) is 41.8 Å². The van der Waals surface area contributed by atoms with Gasteiger partial charge in [0, 0.05) is 42.1 Å². The summed E-state index contributed by atoms with van der Waals surface area (Å²) in [7, 11) is 0. The minimum atomic E-state index is -2.18. The van der Waals surface area contributed by atoms with Crippen LogP contribution in [0.4, 0.5) is 22.0 Å². The van der Waals surface area contributed by atoms with E-state index in [1.807, 2.05) is 18.2 Å². The van der Waals surface area contributed by atoms with Crippen molar-refractivity contribution in [3.8, 4) is 11.8 Å². The number of aliphatic carboxylic acids is 2. The van der Waals surface area contributed by atoms with Crippen LogP contribution in [0.15, 0.2) is 70.8 Å². The predicted molar refractivity (Wildman–Crippen MR) is 168 cm³/mol. The molecule has 0 spiro atoms. The highest BCUT2D eigenvalue weighted by molar-refractivity contribution is 5.68. The molecule has 0 amide bonds. The zero-order valence-corrected chi connectivity index (χ0v) is 26.4. The van der Waals surface area contributed by atoms with Crippen molar-refractivity contribution in [3.05, 3.63) is 105 Å². The molecular weight excluding hydrogens is 633 g/mol. The summed E-state index contributed by atoms with van der Waals surface area (Å²) in [5.41, 5.74) is 2.89. The number of carbonyl (C=O) groups is 2. The number of allylic oxidation sites excluding steroid dienone is 7. The fourth-order valence-corrected chi connectivity index (χ4v) is 6.58. The normalized spacial score (nSPS) is 21.3. The average Bonchev–Trinajstić information content (AvgIpc) is 3.76. The molecular formula is C37H36F5NO5. The summed E-state index contributed by atoms with van der Waals surface area (Å²) >= 11 is 0. The molecule has 254 valence electrons. The lowest BCUT2D eigenvalue weighted by Gasteiger charge is -2.34. The van der Waals surface area contributed by atoms with Gasteiger partial charge < -0.3 is 14.9 Å². The Balaban J connectivity index is 1.24. The Hall–Kier alpha value is -4.43. The molecule has 1 saturated carbocycles. The van der Waals surface area contributed by atoms with Gasteiger partial charge in [-0.05, 0) is 92.7 Å². The molecule has 1 aliphatic heterocycles. The predicted octanol–water partition coefficient (Wildman–Crippen LogP) is 7.83. The SMILES string of the molecule is CC1C(CCCC(=O)O)=C2C=CC=C(C#CC3=CC=C(O/C=C/CCc4c(F)c(F)c(F)c(F)c4F)CC3)C2N1CC1(CC(=O)O)CC1. The Labute approximate surface area is 275 Å². The number of halogens is 5. The Morgan fingerprint density at radius 2 is 1.67 bits per heavy atom. The van der Waals surface area contributed by atoms with E-state index in [1.165, 1.54) is 12.3 Å². The first-order chi connectivity index (χ1) is 22.9. The summed E-state index contributed by atoms with van der Waals surface area (Å²) in [5, 5.41) is 18.7. The number of ether oxygens (including phenoxy) is 1. The van der Waals surface area contributed by atoms with Crippen molar-refractivity contribution in [3.63, 3.8) is 0 Å². The number of rotatable bonds is 13. The van der Waals surface area contributed by atoms with Crippen LogP contribution in [-0.4, -0.2) is 45.7 Å². The Bertz CT molecular complexity index is 1710. The molecule has 1 heterocycles. The van der Waals surface area contributed by atoms with Crippen LogP contribution in [0.2, 0.25) is 0 Å². The number of hydrogen-bond donors (Lipinski definition) is 2.